The topological polar surface area (TPSA) is 62.2 Å². The number of benzene rings is 3. The Labute approximate surface area is 204 Å². The number of methoxy groups -OCH3 is 1. The van der Waals surface area contributed by atoms with Gasteiger partial charge in [-0.2, -0.15) is 5.10 Å². The molecular weight excluding hydrogens is 445 g/mol. The van der Waals surface area contributed by atoms with E-state index in [1.54, 1.807) is 50.6 Å². The molecule has 0 N–H and O–H groups in total. The summed E-state index contributed by atoms with van der Waals surface area (Å²) in [5, 5.41) is 6.10. The van der Waals surface area contributed by atoms with E-state index in [4.69, 9.17) is 4.74 Å². The maximum atomic E-state index is 13.6. The molecule has 0 aromatic heterocycles. The summed E-state index contributed by atoms with van der Waals surface area (Å²) >= 11 is 0. The van der Waals surface area contributed by atoms with E-state index >= 15 is 0 Å². The average Bonchev–Trinajstić information content (AvgIpc) is 3.31. The van der Waals surface area contributed by atoms with Crippen molar-refractivity contribution in [1.29, 1.82) is 0 Å². The van der Waals surface area contributed by atoms with Gasteiger partial charge >= 0.3 is 0 Å². The van der Waals surface area contributed by atoms with E-state index in [-0.39, 0.29) is 30.2 Å². The van der Waals surface area contributed by atoms with Crippen LogP contribution in [0.25, 0.3) is 0 Å². The van der Waals surface area contributed by atoms with E-state index in [0.717, 1.165) is 22.4 Å². The SMILES string of the molecule is COc1ccc(C(=O)N(C)CC(=O)N2N=C(c3ccc(C)c(C)c3)C[C@H]2c2ccc(F)cc2)cc1. The van der Waals surface area contributed by atoms with Crippen LogP contribution in [0, 0.1) is 19.7 Å². The molecule has 2 amide bonds. The number of carbonyl (C=O) groups excluding carboxylic acids is 2. The monoisotopic (exact) mass is 473 g/mol. The van der Waals surface area contributed by atoms with Crippen LogP contribution in [0.4, 0.5) is 4.39 Å². The predicted octanol–water partition coefficient (Wildman–Crippen LogP) is 4.90. The van der Waals surface area contributed by atoms with E-state index in [1.807, 2.05) is 26.0 Å². The molecule has 7 heteroatoms. The van der Waals surface area contributed by atoms with Crippen LogP contribution in [0.5, 0.6) is 5.75 Å². The predicted molar refractivity (Wildman–Crippen MR) is 133 cm³/mol. The standard InChI is InChI=1S/C28H28FN3O3/c1-18-5-6-22(15-19(18)2)25-16-26(20-7-11-23(29)12-8-20)32(30-25)27(33)17-31(3)28(34)21-9-13-24(35-4)14-10-21/h5-15,26H,16-17H2,1-4H3/t26-/m0/s1. The molecule has 1 atom stereocenters. The van der Waals surface area contributed by atoms with E-state index < -0.39 is 0 Å². The number of rotatable bonds is 6. The first-order valence-electron chi connectivity index (χ1n) is 11.4. The van der Waals surface area contributed by atoms with Gasteiger partial charge in [0.05, 0.1) is 18.9 Å². The normalized spacial score (nSPS) is 15.1. The molecule has 0 saturated carbocycles. The molecule has 0 radical (unpaired) electrons. The first kappa shape index (κ1) is 24.1. The summed E-state index contributed by atoms with van der Waals surface area (Å²) in [6.07, 6.45) is 0.496. The molecule has 0 spiro atoms. The molecule has 0 bridgehead atoms. The fraction of sp³-hybridized carbons (Fsp3) is 0.250. The molecule has 0 saturated heterocycles. The third kappa shape index (κ3) is 5.24. The molecule has 6 nitrogen and oxygen atoms in total. The van der Waals surface area contributed by atoms with Crippen molar-refractivity contribution in [2.45, 2.75) is 26.3 Å². The van der Waals surface area contributed by atoms with Gasteiger partial charge in [-0.15, -0.1) is 0 Å². The maximum absolute atomic E-state index is 13.6. The van der Waals surface area contributed by atoms with Gasteiger partial charge in [0.2, 0.25) is 0 Å². The van der Waals surface area contributed by atoms with Gasteiger partial charge < -0.3 is 9.64 Å². The molecule has 1 aliphatic heterocycles. The third-order valence-electron chi connectivity index (χ3n) is 6.32. The quantitative estimate of drug-likeness (QED) is 0.512. The van der Waals surface area contributed by atoms with E-state index in [9.17, 15) is 14.0 Å². The zero-order valence-electron chi connectivity index (χ0n) is 20.3. The van der Waals surface area contributed by atoms with Crippen LogP contribution >= 0.6 is 0 Å². The van der Waals surface area contributed by atoms with E-state index in [2.05, 4.69) is 11.2 Å². The van der Waals surface area contributed by atoms with Gasteiger partial charge in [0.25, 0.3) is 11.8 Å². The maximum Gasteiger partial charge on any atom is 0.262 e. The van der Waals surface area contributed by atoms with Crippen LogP contribution < -0.4 is 4.74 Å². The fourth-order valence-corrected chi connectivity index (χ4v) is 4.08. The van der Waals surface area contributed by atoms with Gasteiger partial charge in [-0.3, -0.25) is 9.59 Å². The number of amides is 2. The highest BCUT2D eigenvalue weighted by molar-refractivity contribution is 6.04. The number of hydrogen-bond donors (Lipinski definition) is 0. The zero-order chi connectivity index (χ0) is 25.1. The Morgan fingerprint density at radius 3 is 2.34 bits per heavy atom. The van der Waals surface area contributed by atoms with Crippen LogP contribution in [0.1, 0.15) is 45.1 Å². The Morgan fingerprint density at radius 1 is 1.03 bits per heavy atom. The van der Waals surface area contributed by atoms with Crippen molar-refractivity contribution in [1.82, 2.24) is 9.91 Å². The molecule has 3 aromatic rings. The molecule has 0 fully saturated rings. The van der Waals surface area contributed by atoms with Crippen LogP contribution in [0.15, 0.2) is 71.8 Å². The Morgan fingerprint density at radius 2 is 1.71 bits per heavy atom. The number of aryl methyl sites for hydroxylation is 2. The zero-order valence-corrected chi connectivity index (χ0v) is 20.3. The molecule has 180 valence electrons. The van der Waals surface area contributed by atoms with Crippen molar-refractivity contribution >= 4 is 17.5 Å². The Bertz CT molecular complexity index is 1270. The Kier molecular flexibility index (Phi) is 6.96. The van der Waals surface area contributed by atoms with Crippen molar-refractivity contribution in [2.24, 2.45) is 5.10 Å². The molecule has 0 aliphatic carbocycles. The van der Waals surface area contributed by atoms with Gasteiger partial charge in [-0.25, -0.2) is 9.40 Å². The van der Waals surface area contributed by atoms with Crippen molar-refractivity contribution < 1.29 is 18.7 Å². The number of hydrazone groups is 1. The molecule has 3 aromatic carbocycles. The number of likely N-dealkylation sites (N-methyl/N-ethyl adjacent to an activating group) is 1. The lowest BCUT2D eigenvalue weighted by molar-refractivity contribution is -0.133. The summed E-state index contributed by atoms with van der Waals surface area (Å²) in [4.78, 5) is 27.6. The number of hydrogen-bond acceptors (Lipinski definition) is 4. The summed E-state index contributed by atoms with van der Waals surface area (Å²) in [7, 11) is 3.14. The summed E-state index contributed by atoms with van der Waals surface area (Å²) in [6, 6.07) is 18.5. The van der Waals surface area contributed by atoms with E-state index in [1.165, 1.54) is 27.6 Å². The highest BCUT2D eigenvalue weighted by Crippen LogP contribution is 2.33. The Hall–Kier alpha value is -4.00. The summed E-state index contributed by atoms with van der Waals surface area (Å²) < 4.78 is 18.7. The number of halogens is 1. The van der Waals surface area contributed by atoms with Gasteiger partial charge in [-0.05, 0) is 78.6 Å². The molecule has 1 heterocycles. The number of nitrogens with zero attached hydrogens (tertiary/aromatic N) is 3. The van der Waals surface area contributed by atoms with Crippen molar-refractivity contribution in [3.8, 4) is 5.75 Å². The summed E-state index contributed by atoms with van der Waals surface area (Å²) in [5.74, 6) is -0.295. The summed E-state index contributed by atoms with van der Waals surface area (Å²) in [5.41, 5.74) is 5.27. The largest absolute Gasteiger partial charge is 0.497 e. The van der Waals surface area contributed by atoms with Crippen LogP contribution in [0.2, 0.25) is 0 Å². The molecule has 4 rings (SSSR count). The molecule has 0 unspecified atom stereocenters. The second-order valence-corrected chi connectivity index (χ2v) is 8.75. The van der Waals surface area contributed by atoms with Crippen LogP contribution in [-0.2, 0) is 4.79 Å². The van der Waals surface area contributed by atoms with Gasteiger partial charge in [0.15, 0.2) is 0 Å². The van der Waals surface area contributed by atoms with Crippen molar-refractivity contribution in [2.75, 3.05) is 20.7 Å². The van der Waals surface area contributed by atoms with Crippen LogP contribution in [-0.4, -0.2) is 48.1 Å². The minimum absolute atomic E-state index is 0.147. The first-order chi connectivity index (χ1) is 16.8. The van der Waals surface area contributed by atoms with Gasteiger partial charge in [0, 0.05) is 19.0 Å². The lowest BCUT2D eigenvalue weighted by Gasteiger charge is -2.25. The number of carbonyl (C=O) groups is 2. The minimum atomic E-state index is -0.385. The first-order valence-corrected chi connectivity index (χ1v) is 11.4. The molecule has 35 heavy (non-hydrogen) atoms. The van der Waals surface area contributed by atoms with Gasteiger partial charge in [-0.1, -0.05) is 24.3 Å². The van der Waals surface area contributed by atoms with Crippen molar-refractivity contribution in [3.05, 3.63) is 100 Å². The highest BCUT2D eigenvalue weighted by Gasteiger charge is 2.34. The lowest BCUT2D eigenvalue weighted by Crippen LogP contribution is -2.39. The smallest absolute Gasteiger partial charge is 0.262 e. The molecule has 1 aliphatic rings. The highest BCUT2D eigenvalue weighted by atomic mass is 19.1. The second-order valence-electron chi connectivity index (χ2n) is 8.75. The van der Waals surface area contributed by atoms with Crippen LogP contribution in [0.3, 0.4) is 0 Å². The minimum Gasteiger partial charge on any atom is -0.497 e. The van der Waals surface area contributed by atoms with E-state index in [0.29, 0.717) is 17.7 Å². The molecular formula is C28H28FN3O3. The fourth-order valence-electron chi connectivity index (χ4n) is 4.08. The lowest BCUT2D eigenvalue weighted by atomic mass is 9.96. The van der Waals surface area contributed by atoms with Crippen molar-refractivity contribution in [3.63, 3.8) is 0 Å². The van der Waals surface area contributed by atoms with Gasteiger partial charge in [0.1, 0.15) is 18.1 Å². The summed E-state index contributed by atoms with van der Waals surface area (Å²) in [6.45, 7) is 3.93. The Balaban J connectivity index is 1.58. The average molecular weight is 474 g/mol. The third-order valence-corrected chi connectivity index (χ3v) is 6.32. The second kappa shape index (κ2) is 10.1. The number of ether oxygens (including phenoxy) is 1.